The van der Waals surface area contributed by atoms with Crippen LogP contribution in [0, 0.1) is 17.6 Å². The van der Waals surface area contributed by atoms with Crippen molar-refractivity contribution in [2.75, 3.05) is 18.4 Å². The Morgan fingerprint density at radius 1 is 1.08 bits per heavy atom. The second-order valence-electron chi connectivity index (χ2n) is 5.95. The summed E-state index contributed by atoms with van der Waals surface area (Å²) in [7, 11) is 0. The average Bonchev–Trinajstić information content (AvgIpc) is 2.63. The van der Waals surface area contributed by atoms with Crippen LogP contribution in [0.3, 0.4) is 0 Å². The third kappa shape index (κ3) is 5.10. The van der Waals surface area contributed by atoms with Gasteiger partial charge in [-0.15, -0.1) is 0 Å². The summed E-state index contributed by atoms with van der Waals surface area (Å²) in [5, 5.41) is 2.42. The van der Waals surface area contributed by atoms with Gasteiger partial charge in [0.05, 0.1) is 5.69 Å². The molecule has 0 heterocycles. The molecule has 26 heavy (non-hydrogen) atoms. The zero-order valence-corrected chi connectivity index (χ0v) is 14.4. The van der Waals surface area contributed by atoms with Gasteiger partial charge in [-0.1, -0.05) is 37.3 Å². The van der Waals surface area contributed by atoms with Gasteiger partial charge in [0.1, 0.15) is 18.2 Å². The maximum atomic E-state index is 13.9. The van der Waals surface area contributed by atoms with Crippen LogP contribution >= 0.6 is 0 Å². The van der Waals surface area contributed by atoms with Crippen molar-refractivity contribution >= 4 is 17.5 Å². The van der Waals surface area contributed by atoms with Crippen LogP contribution in [-0.4, -0.2) is 29.8 Å². The number of halogens is 2. The predicted octanol–water partition coefficient (Wildman–Crippen LogP) is 2.53. The topological polar surface area (TPSA) is 75.4 Å². The van der Waals surface area contributed by atoms with Gasteiger partial charge in [-0.05, 0) is 18.2 Å². The zero-order chi connectivity index (χ0) is 19.1. The van der Waals surface area contributed by atoms with E-state index in [2.05, 4.69) is 5.32 Å². The zero-order valence-electron chi connectivity index (χ0n) is 14.4. The van der Waals surface area contributed by atoms with Crippen LogP contribution in [0.5, 0.6) is 0 Å². The Morgan fingerprint density at radius 3 is 2.31 bits per heavy atom. The van der Waals surface area contributed by atoms with Crippen LogP contribution in [0.1, 0.15) is 12.5 Å². The number of para-hydroxylation sites is 1. The molecule has 7 heteroatoms. The summed E-state index contributed by atoms with van der Waals surface area (Å²) in [6.07, 6.45) is 0. The Morgan fingerprint density at radius 2 is 1.69 bits per heavy atom. The molecule has 2 rings (SSSR count). The van der Waals surface area contributed by atoms with Crippen molar-refractivity contribution < 1.29 is 18.4 Å². The van der Waals surface area contributed by atoms with E-state index < -0.39 is 23.5 Å². The molecule has 0 saturated carbocycles. The Labute approximate surface area is 150 Å². The van der Waals surface area contributed by atoms with E-state index >= 15 is 0 Å². The highest BCUT2D eigenvalue weighted by Gasteiger charge is 2.23. The summed E-state index contributed by atoms with van der Waals surface area (Å²) in [6.45, 7) is 1.30. The molecule has 0 radical (unpaired) electrons. The van der Waals surface area contributed by atoms with Gasteiger partial charge in [0.2, 0.25) is 11.8 Å². The first-order chi connectivity index (χ1) is 12.4. The summed E-state index contributed by atoms with van der Waals surface area (Å²) in [5.41, 5.74) is 5.83. The molecule has 2 amide bonds. The minimum absolute atomic E-state index is 0.0164. The molecule has 5 nitrogen and oxygen atoms in total. The number of hydrogen-bond donors (Lipinski definition) is 2. The molecule has 138 valence electrons. The van der Waals surface area contributed by atoms with Crippen molar-refractivity contribution in [2.24, 2.45) is 11.7 Å². The Balaban J connectivity index is 2.15. The van der Waals surface area contributed by atoms with E-state index in [1.54, 1.807) is 25.1 Å². The highest BCUT2D eigenvalue weighted by molar-refractivity contribution is 5.94. The lowest BCUT2D eigenvalue weighted by molar-refractivity contribution is -0.138. The lowest BCUT2D eigenvalue weighted by Crippen LogP contribution is -2.42. The van der Waals surface area contributed by atoms with E-state index in [0.717, 1.165) is 0 Å². The van der Waals surface area contributed by atoms with E-state index in [4.69, 9.17) is 5.73 Å². The summed E-state index contributed by atoms with van der Waals surface area (Å²) >= 11 is 0. The number of anilines is 1. The van der Waals surface area contributed by atoms with Crippen LogP contribution in [0.15, 0.2) is 48.5 Å². The molecular formula is C19H21F2N3O2. The van der Waals surface area contributed by atoms with Crippen LogP contribution < -0.4 is 11.1 Å². The SMILES string of the molecule is CC(CN)C(=O)N(CC(=O)Nc1ccccc1F)Cc1ccccc1F. The number of rotatable bonds is 7. The number of carbonyl (C=O) groups excluding carboxylic acids is 2. The number of hydrogen-bond acceptors (Lipinski definition) is 3. The molecule has 0 aliphatic carbocycles. The van der Waals surface area contributed by atoms with Crippen LogP contribution in [-0.2, 0) is 16.1 Å². The smallest absolute Gasteiger partial charge is 0.244 e. The molecule has 0 aliphatic heterocycles. The average molecular weight is 361 g/mol. The van der Waals surface area contributed by atoms with Gasteiger partial charge >= 0.3 is 0 Å². The predicted molar refractivity (Wildman–Crippen MR) is 95.1 cm³/mol. The van der Waals surface area contributed by atoms with Crippen LogP contribution in [0.25, 0.3) is 0 Å². The summed E-state index contributed by atoms with van der Waals surface area (Å²) in [6, 6.07) is 11.7. The van der Waals surface area contributed by atoms with Gasteiger partial charge in [-0.3, -0.25) is 9.59 Å². The first-order valence-corrected chi connectivity index (χ1v) is 8.19. The molecule has 0 spiro atoms. The van der Waals surface area contributed by atoms with Crippen molar-refractivity contribution in [3.8, 4) is 0 Å². The fourth-order valence-corrected chi connectivity index (χ4v) is 2.38. The number of benzene rings is 2. The molecule has 0 saturated heterocycles. The van der Waals surface area contributed by atoms with Crippen LogP contribution in [0.4, 0.5) is 14.5 Å². The first kappa shape index (κ1) is 19.5. The molecular weight excluding hydrogens is 340 g/mol. The van der Waals surface area contributed by atoms with Crippen molar-refractivity contribution in [1.82, 2.24) is 4.90 Å². The van der Waals surface area contributed by atoms with Gasteiger partial charge in [0.25, 0.3) is 0 Å². The van der Waals surface area contributed by atoms with Crippen molar-refractivity contribution in [3.63, 3.8) is 0 Å². The van der Waals surface area contributed by atoms with Gasteiger partial charge in [0.15, 0.2) is 0 Å². The lowest BCUT2D eigenvalue weighted by atomic mass is 10.1. The fourth-order valence-electron chi connectivity index (χ4n) is 2.38. The summed E-state index contributed by atoms with van der Waals surface area (Å²) in [5.74, 6) is -2.53. The fraction of sp³-hybridized carbons (Fsp3) is 0.263. The van der Waals surface area contributed by atoms with Crippen LogP contribution in [0.2, 0.25) is 0 Å². The van der Waals surface area contributed by atoms with E-state index in [9.17, 15) is 18.4 Å². The number of nitrogens with one attached hydrogen (secondary N) is 1. The minimum Gasteiger partial charge on any atom is -0.330 e. The van der Waals surface area contributed by atoms with Crippen molar-refractivity contribution in [2.45, 2.75) is 13.5 Å². The third-order valence-electron chi connectivity index (χ3n) is 3.89. The molecule has 1 atom stereocenters. The molecule has 1 unspecified atom stereocenters. The molecule has 0 aliphatic rings. The van der Waals surface area contributed by atoms with Gasteiger partial charge in [-0.25, -0.2) is 8.78 Å². The van der Waals surface area contributed by atoms with E-state index in [0.29, 0.717) is 0 Å². The molecule has 2 aromatic rings. The standard InChI is InChI=1S/C19H21F2N3O2/c1-13(10-22)19(26)24(11-14-6-2-3-7-15(14)20)12-18(25)23-17-9-5-4-8-16(17)21/h2-9,13H,10-12,22H2,1H3,(H,23,25). The minimum atomic E-state index is -0.580. The molecule has 0 aromatic heterocycles. The molecule has 0 fully saturated rings. The first-order valence-electron chi connectivity index (χ1n) is 8.19. The number of nitrogens with two attached hydrogens (primary N) is 1. The second-order valence-corrected chi connectivity index (χ2v) is 5.95. The summed E-state index contributed by atoms with van der Waals surface area (Å²) in [4.78, 5) is 26.0. The quantitative estimate of drug-likeness (QED) is 0.796. The molecule has 3 N–H and O–H groups in total. The van der Waals surface area contributed by atoms with Gasteiger partial charge in [0, 0.05) is 24.6 Å². The summed E-state index contributed by atoms with van der Waals surface area (Å²) < 4.78 is 27.6. The number of carbonyl (C=O) groups is 2. The van der Waals surface area contributed by atoms with Gasteiger partial charge < -0.3 is 16.0 Å². The third-order valence-corrected chi connectivity index (χ3v) is 3.89. The highest BCUT2D eigenvalue weighted by Crippen LogP contribution is 2.15. The monoisotopic (exact) mass is 361 g/mol. The lowest BCUT2D eigenvalue weighted by Gasteiger charge is -2.25. The Hall–Kier alpha value is -2.80. The molecule has 2 aromatic carbocycles. The highest BCUT2D eigenvalue weighted by atomic mass is 19.1. The number of nitrogens with zero attached hydrogens (tertiary/aromatic N) is 1. The van der Waals surface area contributed by atoms with Crippen molar-refractivity contribution in [1.29, 1.82) is 0 Å². The Bertz CT molecular complexity index is 783. The van der Waals surface area contributed by atoms with E-state index in [1.165, 1.54) is 35.2 Å². The van der Waals surface area contributed by atoms with Gasteiger partial charge in [-0.2, -0.15) is 0 Å². The van der Waals surface area contributed by atoms with E-state index in [1.807, 2.05) is 0 Å². The number of amides is 2. The van der Waals surface area contributed by atoms with E-state index in [-0.39, 0.29) is 36.8 Å². The maximum Gasteiger partial charge on any atom is 0.244 e. The molecule has 0 bridgehead atoms. The second kappa shape index (κ2) is 9.05. The Kier molecular flexibility index (Phi) is 6.80. The maximum absolute atomic E-state index is 13.9. The van der Waals surface area contributed by atoms with Crippen molar-refractivity contribution in [3.05, 3.63) is 65.7 Å². The normalized spacial score (nSPS) is 11.7. The largest absolute Gasteiger partial charge is 0.330 e.